The number of nitrogens with two attached hydrogens (primary N) is 1. The minimum Gasteiger partial charge on any atom is -0.481 e. The van der Waals surface area contributed by atoms with Crippen molar-refractivity contribution in [3.63, 3.8) is 0 Å². The number of fused-ring (bicyclic) bond motifs is 1. The van der Waals surface area contributed by atoms with E-state index in [-0.39, 0.29) is 24.9 Å². The van der Waals surface area contributed by atoms with Gasteiger partial charge >= 0.3 is 5.97 Å². The first kappa shape index (κ1) is 15.2. The maximum atomic E-state index is 12.5. The van der Waals surface area contributed by atoms with Crippen LogP contribution in [-0.4, -0.2) is 39.5 Å². The Hall–Kier alpha value is -2.15. The molecule has 0 bridgehead atoms. The van der Waals surface area contributed by atoms with Crippen LogP contribution >= 0.6 is 11.3 Å². The van der Waals surface area contributed by atoms with E-state index >= 15 is 0 Å². The van der Waals surface area contributed by atoms with Gasteiger partial charge in [-0.3, -0.25) is 9.59 Å². The van der Waals surface area contributed by atoms with Gasteiger partial charge in [0.15, 0.2) is 5.13 Å². The van der Waals surface area contributed by atoms with Crippen molar-refractivity contribution in [2.24, 2.45) is 0 Å². The number of nitrogens with zero attached hydrogens (tertiary/aromatic N) is 2. The van der Waals surface area contributed by atoms with E-state index in [4.69, 9.17) is 10.8 Å². The van der Waals surface area contributed by atoms with Gasteiger partial charge in [0.25, 0.3) is 5.91 Å². The number of amides is 1. The summed E-state index contributed by atoms with van der Waals surface area (Å²) < 4.78 is 0.847. The molecule has 0 saturated carbocycles. The van der Waals surface area contributed by atoms with Gasteiger partial charge in [-0.25, -0.2) is 4.98 Å². The zero-order valence-corrected chi connectivity index (χ0v) is 12.7. The lowest BCUT2D eigenvalue weighted by molar-refractivity contribution is -0.137. The number of aromatic nitrogens is 1. The summed E-state index contributed by atoms with van der Waals surface area (Å²) in [6.07, 6.45) is -0.0698. The van der Waals surface area contributed by atoms with E-state index in [0.29, 0.717) is 10.7 Å². The van der Waals surface area contributed by atoms with Crippen molar-refractivity contribution in [3.05, 3.63) is 23.8 Å². The molecule has 0 aliphatic heterocycles. The van der Waals surface area contributed by atoms with E-state index in [9.17, 15) is 9.59 Å². The minimum absolute atomic E-state index is 0.0698. The number of carboxylic acids is 1. The molecule has 0 unspecified atom stereocenters. The van der Waals surface area contributed by atoms with E-state index in [1.165, 1.54) is 11.3 Å². The van der Waals surface area contributed by atoms with Crippen molar-refractivity contribution in [3.8, 4) is 0 Å². The molecule has 1 amide bonds. The second-order valence-electron chi connectivity index (χ2n) is 4.97. The van der Waals surface area contributed by atoms with Gasteiger partial charge in [-0.2, -0.15) is 0 Å². The highest BCUT2D eigenvalue weighted by molar-refractivity contribution is 7.22. The standard InChI is InChI=1S/C14H17N3O3S/c1-8(2)17(6-5-12(18)19)13(20)9-3-4-10-11(7-9)21-14(15)16-10/h3-4,7-8H,5-6H2,1-2H3,(H2,15,16)(H,18,19). The topological polar surface area (TPSA) is 96.5 Å². The Morgan fingerprint density at radius 2 is 2.14 bits per heavy atom. The summed E-state index contributed by atoms with van der Waals surface area (Å²) in [6.45, 7) is 3.92. The molecule has 0 atom stereocenters. The smallest absolute Gasteiger partial charge is 0.305 e. The molecular weight excluding hydrogens is 290 g/mol. The van der Waals surface area contributed by atoms with Crippen LogP contribution in [-0.2, 0) is 4.79 Å². The first-order chi connectivity index (χ1) is 9.88. The van der Waals surface area contributed by atoms with Crippen molar-refractivity contribution in [1.29, 1.82) is 0 Å². The average Bonchev–Trinajstić information content (AvgIpc) is 2.76. The second-order valence-corrected chi connectivity index (χ2v) is 6.03. The van der Waals surface area contributed by atoms with Crippen LogP contribution in [0.25, 0.3) is 10.2 Å². The van der Waals surface area contributed by atoms with E-state index in [0.717, 1.165) is 10.2 Å². The third kappa shape index (κ3) is 3.49. The maximum Gasteiger partial charge on any atom is 0.305 e. The number of carbonyl (C=O) groups is 2. The van der Waals surface area contributed by atoms with Gasteiger partial charge in [0.2, 0.25) is 0 Å². The molecule has 0 aliphatic rings. The largest absolute Gasteiger partial charge is 0.481 e. The maximum absolute atomic E-state index is 12.5. The molecule has 0 aliphatic carbocycles. The van der Waals surface area contributed by atoms with Crippen molar-refractivity contribution in [2.45, 2.75) is 26.3 Å². The monoisotopic (exact) mass is 307 g/mol. The molecule has 0 saturated heterocycles. The van der Waals surface area contributed by atoms with Gasteiger partial charge in [-0.15, -0.1) is 0 Å². The van der Waals surface area contributed by atoms with Crippen LogP contribution in [0.2, 0.25) is 0 Å². The molecule has 7 heteroatoms. The molecule has 0 spiro atoms. The molecule has 1 aromatic carbocycles. The first-order valence-corrected chi connectivity index (χ1v) is 7.39. The third-order valence-electron chi connectivity index (χ3n) is 3.10. The second kappa shape index (κ2) is 6.09. The lowest BCUT2D eigenvalue weighted by Gasteiger charge is -2.26. The molecule has 21 heavy (non-hydrogen) atoms. The summed E-state index contributed by atoms with van der Waals surface area (Å²) in [5.74, 6) is -1.10. The van der Waals surface area contributed by atoms with E-state index in [2.05, 4.69) is 4.98 Å². The van der Waals surface area contributed by atoms with Crippen molar-refractivity contribution < 1.29 is 14.7 Å². The zero-order chi connectivity index (χ0) is 15.6. The quantitative estimate of drug-likeness (QED) is 0.882. The molecular formula is C14H17N3O3S. The Labute approximate surface area is 126 Å². The highest BCUT2D eigenvalue weighted by Gasteiger charge is 2.20. The summed E-state index contributed by atoms with van der Waals surface area (Å²) in [5, 5.41) is 9.24. The van der Waals surface area contributed by atoms with E-state index < -0.39 is 5.97 Å². The summed E-state index contributed by atoms with van der Waals surface area (Å²) in [7, 11) is 0. The van der Waals surface area contributed by atoms with Crippen molar-refractivity contribution in [2.75, 3.05) is 12.3 Å². The molecule has 0 radical (unpaired) electrons. The number of carbonyl (C=O) groups excluding carboxylic acids is 1. The molecule has 6 nitrogen and oxygen atoms in total. The number of hydrogen-bond donors (Lipinski definition) is 2. The van der Waals surface area contributed by atoms with E-state index in [1.807, 2.05) is 13.8 Å². The third-order valence-corrected chi connectivity index (χ3v) is 3.95. The number of anilines is 1. The van der Waals surface area contributed by atoms with Crippen LogP contribution in [0.5, 0.6) is 0 Å². The molecule has 112 valence electrons. The van der Waals surface area contributed by atoms with E-state index in [1.54, 1.807) is 23.1 Å². The number of nitrogen functional groups attached to an aromatic ring is 1. The summed E-state index contributed by atoms with van der Waals surface area (Å²) in [4.78, 5) is 28.9. The van der Waals surface area contributed by atoms with Crippen LogP contribution < -0.4 is 5.73 Å². The summed E-state index contributed by atoms with van der Waals surface area (Å²) in [6, 6.07) is 5.13. The number of rotatable bonds is 5. The fourth-order valence-electron chi connectivity index (χ4n) is 2.05. The molecule has 3 N–H and O–H groups in total. The Balaban J connectivity index is 2.26. The van der Waals surface area contributed by atoms with Crippen LogP contribution in [0.15, 0.2) is 18.2 Å². The SMILES string of the molecule is CC(C)N(CCC(=O)O)C(=O)c1ccc2nc(N)sc2c1. The predicted octanol–water partition coefficient (Wildman–Crippen LogP) is 2.20. The zero-order valence-electron chi connectivity index (χ0n) is 11.9. The number of aliphatic carboxylic acids is 1. The lowest BCUT2D eigenvalue weighted by atomic mass is 10.1. The molecule has 2 rings (SSSR count). The number of hydrogen-bond acceptors (Lipinski definition) is 5. The number of benzene rings is 1. The molecule has 0 fully saturated rings. The van der Waals surface area contributed by atoms with Gasteiger partial charge in [-0.1, -0.05) is 11.3 Å². The van der Waals surface area contributed by atoms with Gasteiger partial charge in [0, 0.05) is 18.2 Å². The predicted molar refractivity (Wildman–Crippen MR) is 82.5 cm³/mol. The highest BCUT2D eigenvalue weighted by Crippen LogP contribution is 2.25. The highest BCUT2D eigenvalue weighted by atomic mass is 32.1. The fourth-order valence-corrected chi connectivity index (χ4v) is 2.83. The van der Waals surface area contributed by atoms with Crippen molar-refractivity contribution in [1.82, 2.24) is 9.88 Å². The Morgan fingerprint density at radius 1 is 1.43 bits per heavy atom. The van der Waals surface area contributed by atoms with Crippen molar-refractivity contribution >= 4 is 38.6 Å². The van der Waals surface area contributed by atoms with Crippen LogP contribution in [0.4, 0.5) is 5.13 Å². The average molecular weight is 307 g/mol. The van der Waals surface area contributed by atoms with Crippen LogP contribution in [0, 0.1) is 0 Å². The summed E-state index contributed by atoms with van der Waals surface area (Å²) >= 11 is 1.32. The molecule has 2 aromatic rings. The lowest BCUT2D eigenvalue weighted by Crippen LogP contribution is -2.38. The molecule has 1 heterocycles. The van der Waals surface area contributed by atoms with Crippen LogP contribution in [0.1, 0.15) is 30.6 Å². The molecule has 1 aromatic heterocycles. The minimum atomic E-state index is -0.917. The Bertz CT molecular complexity index is 681. The normalized spacial score (nSPS) is 11.0. The Morgan fingerprint density at radius 3 is 2.76 bits per heavy atom. The first-order valence-electron chi connectivity index (χ1n) is 6.57. The van der Waals surface area contributed by atoms with Crippen LogP contribution in [0.3, 0.4) is 0 Å². The van der Waals surface area contributed by atoms with Gasteiger partial charge < -0.3 is 15.7 Å². The Kier molecular flexibility index (Phi) is 4.42. The van der Waals surface area contributed by atoms with Gasteiger partial charge in [-0.05, 0) is 32.0 Å². The number of carboxylic acid groups (broad SMARTS) is 1. The fraction of sp³-hybridized carbons (Fsp3) is 0.357. The van der Waals surface area contributed by atoms with Gasteiger partial charge in [0.05, 0.1) is 16.6 Å². The number of thiazole rings is 1. The van der Waals surface area contributed by atoms with Gasteiger partial charge in [0.1, 0.15) is 0 Å². The summed E-state index contributed by atoms with van der Waals surface area (Å²) in [5.41, 5.74) is 6.93.